The summed E-state index contributed by atoms with van der Waals surface area (Å²) in [4.78, 5) is 16.4. The van der Waals surface area contributed by atoms with Gasteiger partial charge in [-0.2, -0.15) is 0 Å². The molecule has 0 saturated carbocycles. The maximum atomic E-state index is 4.74. The van der Waals surface area contributed by atoms with E-state index in [0.29, 0.717) is 0 Å². The van der Waals surface area contributed by atoms with Crippen LogP contribution in [0.2, 0.25) is 0 Å². The SMILES string of the molecule is CC(C)(C)c1cc2cc3ccc(cc4nc(cc5nc(cc1[nH]2)C=C5)C=C4)[nH]3. The lowest BCUT2D eigenvalue weighted by molar-refractivity contribution is 0.597. The molecule has 0 aromatic carbocycles. The van der Waals surface area contributed by atoms with Gasteiger partial charge in [-0.05, 0) is 77.7 Å². The van der Waals surface area contributed by atoms with Crippen LogP contribution in [0.25, 0.3) is 46.4 Å². The molecule has 5 heterocycles. The van der Waals surface area contributed by atoms with Crippen LogP contribution in [0.3, 0.4) is 0 Å². The van der Waals surface area contributed by atoms with Gasteiger partial charge in [-0.1, -0.05) is 20.8 Å². The maximum absolute atomic E-state index is 4.74. The van der Waals surface area contributed by atoms with Crippen molar-refractivity contribution in [1.29, 1.82) is 0 Å². The minimum atomic E-state index is 0.0306. The predicted molar refractivity (Wildman–Crippen MR) is 118 cm³/mol. The Morgan fingerprint density at radius 1 is 0.607 bits per heavy atom. The fourth-order valence-corrected chi connectivity index (χ4v) is 3.64. The Labute approximate surface area is 163 Å². The molecule has 0 unspecified atom stereocenters. The van der Waals surface area contributed by atoms with Gasteiger partial charge in [0.25, 0.3) is 0 Å². The largest absolute Gasteiger partial charge is 0.355 e. The molecule has 138 valence electrons. The van der Waals surface area contributed by atoms with E-state index in [2.05, 4.69) is 72.1 Å². The van der Waals surface area contributed by atoms with Crippen LogP contribution in [0.5, 0.6) is 0 Å². The lowest BCUT2D eigenvalue weighted by atomic mass is 9.87. The van der Waals surface area contributed by atoms with Crippen molar-refractivity contribution in [2.45, 2.75) is 26.2 Å². The van der Waals surface area contributed by atoms with Crippen molar-refractivity contribution in [3.63, 3.8) is 0 Å². The molecule has 3 aromatic rings. The first-order valence-corrected chi connectivity index (χ1v) is 9.51. The van der Waals surface area contributed by atoms with E-state index < -0.39 is 0 Å². The van der Waals surface area contributed by atoms with Gasteiger partial charge >= 0.3 is 0 Å². The molecule has 2 N–H and O–H groups in total. The Hall–Kier alpha value is -3.40. The number of hydrogen-bond donors (Lipinski definition) is 2. The molecule has 8 bridgehead atoms. The third kappa shape index (κ3) is 3.18. The summed E-state index contributed by atoms with van der Waals surface area (Å²) >= 11 is 0. The molecule has 0 atom stereocenters. The molecule has 3 aromatic heterocycles. The lowest BCUT2D eigenvalue weighted by Crippen LogP contribution is -2.09. The van der Waals surface area contributed by atoms with Gasteiger partial charge in [0.15, 0.2) is 0 Å². The topological polar surface area (TPSA) is 57.4 Å². The summed E-state index contributed by atoms with van der Waals surface area (Å²) in [5.41, 5.74) is 9.27. The monoisotopic (exact) mass is 366 g/mol. The zero-order valence-corrected chi connectivity index (χ0v) is 16.2. The van der Waals surface area contributed by atoms with Crippen LogP contribution < -0.4 is 0 Å². The van der Waals surface area contributed by atoms with Crippen LogP contribution in [0.1, 0.15) is 49.1 Å². The van der Waals surface area contributed by atoms with E-state index in [1.54, 1.807) is 0 Å². The fourth-order valence-electron chi connectivity index (χ4n) is 3.64. The number of nitrogens with zero attached hydrogens (tertiary/aromatic N) is 2. The number of fused-ring (bicyclic) bond motifs is 8. The average Bonchev–Trinajstić information content (AvgIpc) is 3.38. The molecule has 0 amide bonds. The van der Waals surface area contributed by atoms with Crippen molar-refractivity contribution >= 4 is 46.4 Å². The fraction of sp³-hybridized carbons (Fsp3) is 0.167. The molecule has 2 aliphatic rings. The van der Waals surface area contributed by atoms with Crippen LogP contribution in [0, 0.1) is 0 Å². The van der Waals surface area contributed by atoms with Gasteiger partial charge in [-0.15, -0.1) is 0 Å². The standard InChI is InChI=1S/C24H22N4/c1-24(2,3)22-13-21-12-19-7-6-17(26-19)10-15-4-5-16(25-15)11-18-8-9-20(27-18)14-23(22)28-21/h4-14,26,28H,1-3H3. The molecule has 0 spiro atoms. The molecular formula is C24H22N4. The van der Waals surface area contributed by atoms with Gasteiger partial charge in [0.05, 0.1) is 22.8 Å². The van der Waals surface area contributed by atoms with Gasteiger partial charge in [-0.25, -0.2) is 9.97 Å². The second kappa shape index (κ2) is 6.06. The van der Waals surface area contributed by atoms with Gasteiger partial charge < -0.3 is 9.97 Å². The van der Waals surface area contributed by atoms with Crippen molar-refractivity contribution in [2.75, 3.05) is 0 Å². The highest BCUT2D eigenvalue weighted by molar-refractivity contribution is 5.78. The summed E-state index contributed by atoms with van der Waals surface area (Å²) in [5.74, 6) is 0. The van der Waals surface area contributed by atoms with E-state index in [1.807, 2.05) is 30.4 Å². The molecule has 28 heavy (non-hydrogen) atoms. The molecule has 0 radical (unpaired) electrons. The van der Waals surface area contributed by atoms with Crippen LogP contribution >= 0.6 is 0 Å². The molecule has 4 nitrogen and oxygen atoms in total. The summed E-state index contributed by atoms with van der Waals surface area (Å²) in [6.07, 6.45) is 8.13. The highest BCUT2D eigenvalue weighted by Gasteiger charge is 2.17. The summed E-state index contributed by atoms with van der Waals surface area (Å²) in [5, 5.41) is 0. The third-order valence-electron chi connectivity index (χ3n) is 4.98. The minimum Gasteiger partial charge on any atom is -0.355 e. The minimum absolute atomic E-state index is 0.0306. The van der Waals surface area contributed by atoms with Gasteiger partial charge in [0.1, 0.15) is 0 Å². The van der Waals surface area contributed by atoms with Crippen molar-refractivity contribution < 1.29 is 0 Å². The molecule has 4 heteroatoms. The van der Waals surface area contributed by atoms with E-state index in [4.69, 9.17) is 4.98 Å². The van der Waals surface area contributed by atoms with E-state index in [9.17, 15) is 0 Å². The number of H-pyrrole nitrogens is 2. The lowest BCUT2D eigenvalue weighted by Gasteiger charge is -2.16. The number of aromatic amines is 2. The van der Waals surface area contributed by atoms with Crippen LogP contribution in [0.4, 0.5) is 0 Å². The Morgan fingerprint density at radius 3 is 1.82 bits per heavy atom. The maximum Gasteiger partial charge on any atom is 0.0659 e. The molecule has 0 saturated heterocycles. The summed E-state index contributed by atoms with van der Waals surface area (Å²) in [7, 11) is 0. The van der Waals surface area contributed by atoms with Crippen molar-refractivity contribution in [2.24, 2.45) is 0 Å². The summed E-state index contributed by atoms with van der Waals surface area (Å²) in [6.45, 7) is 6.70. The quantitative estimate of drug-likeness (QED) is 0.356. The first-order chi connectivity index (χ1) is 13.4. The van der Waals surface area contributed by atoms with E-state index in [0.717, 1.165) is 44.8 Å². The number of aromatic nitrogens is 4. The number of nitrogens with one attached hydrogen (secondary N) is 2. The first-order valence-electron chi connectivity index (χ1n) is 9.51. The summed E-state index contributed by atoms with van der Waals surface area (Å²) < 4.78 is 0. The van der Waals surface area contributed by atoms with E-state index in [1.165, 1.54) is 5.56 Å². The molecule has 0 aliphatic carbocycles. The predicted octanol–water partition coefficient (Wildman–Crippen LogP) is 5.95. The molecule has 5 rings (SSSR count). The van der Waals surface area contributed by atoms with Crippen molar-refractivity contribution in [3.8, 4) is 0 Å². The second-order valence-electron chi connectivity index (χ2n) is 8.34. The highest BCUT2D eigenvalue weighted by atomic mass is 14.8. The molecular weight excluding hydrogens is 344 g/mol. The highest BCUT2D eigenvalue weighted by Crippen LogP contribution is 2.28. The molecule has 0 fully saturated rings. The first kappa shape index (κ1) is 16.8. The van der Waals surface area contributed by atoms with Crippen LogP contribution in [-0.2, 0) is 5.41 Å². The Kier molecular flexibility index (Phi) is 3.63. The van der Waals surface area contributed by atoms with Crippen molar-refractivity contribution in [1.82, 2.24) is 19.9 Å². The van der Waals surface area contributed by atoms with Crippen LogP contribution in [-0.4, -0.2) is 19.9 Å². The van der Waals surface area contributed by atoms with Gasteiger partial charge in [-0.3, -0.25) is 0 Å². The smallest absolute Gasteiger partial charge is 0.0659 e. The zero-order valence-electron chi connectivity index (χ0n) is 16.2. The molecule has 2 aliphatic heterocycles. The van der Waals surface area contributed by atoms with Gasteiger partial charge in [0.2, 0.25) is 0 Å². The van der Waals surface area contributed by atoms with Crippen LogP contribution in [0.15, 0.2) is 42.5 Å². The Morgan fingerprint density at radius 2 is 1.18 bits per heavy atom. The second-order valence-corrected chi connectivity index (χ2v) is 8.34. The Bertz CT molecular complexity index is 1290. The average molecular weight is 366 g/mol. The Balaban J connectivity index is 1.87. The van der Waals surface area contributed by atoms with E-state index >= 15 is 0 Å². The number of rotatable bonds is 0. The third-order valence-corrected chi connectivity index (χ3v) is 4.98. The van der Waals surface area contributed by atoms with Gasteiger partial charge in [0, 0.05) is 22.1 Å². The zero-order chi connectivity index (χ0) is 19.3. The van der Waals surface area contributed by atoms with E-state index in [-0.39, 0.29) is 5.41 Å². The number of hydrogen-bond acceptors (Lipinski definition) is 2. The normalized spacial score (nSPS) is 13.2. The van der Waals surface area contributed by atoms with Crippen molar-refractivity contribution in [3.05, 3.63) is 70.8 Å². The summed E-state index contributed by atoms with van der Waals surface area (Å²) in [6, 6.07) is 14.7.